The molecule has 0 aliphatic carbocycles. The largest absolute Gasteiger partial charge is 0.487 e. The van der Waals surface area contributed by atoms with Crippen LogP contribution in [0.15, 0.2) is 24.3 Å². The quantitative estimate of drug-likeness (QED) is 0.703. The van der Waals surface area contributed by atoms with Crippen LogP contribution in [0, 0.1) is 0 Å². The van der Waals surface area contributed by atoms with Gasteiger partial charge in [0.25, 0.3) is 0 Å². The predicted molar refractivity (Wildman–Crippen MR) is 68.0 cm³/mol. The van der Waals surface area contributed by atoms with Gasteiger partial charge in [0.05, 0.1) is 6.54 Å². The molecular formula is C14H24NO+. The maximum Gasteiger partial charge on any atom is 0.137 e. The van der Waals surface area contributed by atoms with Crippen LogP contribution in [0.2, 0.25) is 0 Å². The van der Waals surface area contributed by atoms with Gasteiger partial charge in [-0.3, -0.25) is 0 Å². The lowest BCUT2D eigenvalue weighted by Crippen LogP contribution is -2.84. The molecule has 0 unspecified atom stereocenters. The Morgan fingerprint density at radius 2 is 2.00 bits per heavy atom. The molecule has 2 N–H and O–H groups in total. The van der Waals surface area contributed by atoms with E-state index in [9.17, 15) is 0 Å². The van der Waals surface area contributed by atoms with Crippen molar-refractivity contribution >= 4 is 0 Å². The fourth-order valence-electron chi connectivity index (χ4n) is 1.70. The zero-order valence-electron chi connectivity index (χ0n) is 10.7. The van der Waals surface area contributed by atoms with E-state index in [1.807, 2.05) is 6.07 Å². The van der Waals surface area contributed by atoms with Crippen LogP contribution in [-0.4, -0.2) is 19.7 Å². The van der Waals surface area contributed by atoms with Crippen molar-refractivity contribution in [2.75, 3.05) is 19.7 Å². The molecule has 90 valence electrons. The van der Waals surface area contributed by atoms with E-state index in [4.69, 9.17) is 4.74 Å². The average molecular weight is 222 g/mol. The summed E-state index contributed by atoms with van der Waals surface area (Å²) in [6.07, 6.45) is 1.15. The Hall–Kier alpha value is -1.02. The minimum atomic E-state index is 0.575. The van der Waals surface area contributed by atoms with Crippen LogP contribution in [0.3, 0.4) is 0 Å². The Bertz CT molecular complexity index is 299. The van der Waals surface area contributed by atoms with E-state index < -0.39 is 0 Å². The second-order valence-electron chi connectivity index (χ2n) is 4.18. The zero-order chi connectivity index (χ0) is 11.8. The van der Waals surface area contributed by atoms with Gasteiger partial charge in [0.2, 0.25) is 0 Å². The van der Waals surface area contributed by atoms with Crippen molar-refractivity contribution in [1.82, 2.24) is 0 Å². The van der Waals surface area contributed by atoms with Gasteiger partial charge in [-0.15, -0.1) is 0 Å². The molecule has 0 saturated heterocycles. The molecule has 1 aromatic carbocycles. The zero-order valence-corrected chi connectivity index (χ0v) is 10.7. The summed E-state index contributed by atoms with van der Waals surface area (Å²) in [6.45, 7) is 9.57. The fourth-order valence-corrected chi connectivity index (χ4v) is 1.70. The number of hydrogen-bond acceptors (Lipinski definition) is 1. The van der Waals surface area contributed by atoms with Crippen LogP contribution >= 0.6 is 0 Å². The van der Waals surface area contributed by atoms with E-state index in [1.165, 1.54) is 5.56 Å². The predicted octanol–water partition coefficient (Wildman–Crippen LogP) is 2.16. The lowest BCUT2D eigenvalue weighted by atomic mass is 9.98. The van der Waals surface area contributed by atoms with Gasteiger partial charge >= 0.3 is 0 Å². The van der Waals surface area contributed by atoms with E-state index in [1.54, 1.807) is 0 Å². The first-order valence-electron chi connectivity index (χ1n) is 6.33. The van der Waals surface area contributed by atoms with Gasteiger partial charge in [0.15, 0.2) is 0 Å². The van der Waals surface area contributed by atoms with Crippen LogP contribution in [0.1, 0.15) is 38.7 Å². The Kier molecular flexibility index (Phi) is 5.94. The molecule has 0 radical (unpaired) electrons. The third-order valence-electron chi connectivity index (χ3n) is 2.93. The number of hydrogen-bond donors (Lipinski definition) is 1. The van der Waals surface area contributed by atoms with E-state index in [2.05, 4.69) is 44.3 Å². The van der Waals surface area contributed by atoms with E-state index in [-0.39, 0.29) is 0 Å². The molecule has 2 nitrogen and oxygen atoms in total. The number of benzene rings is 1. The van der Waals surface area contributed by atoms with Crippen LogP contribution < -0.4 is 10.1 Å². The van der Waals surface area contributed by atoms with Crippen LogP contribution in [0.5, 0.6) is 5.75 Å². The van der Waals surface area contributed by atoms with Crippen LogP contribution in [-0.2, 0) is 0 Å². The first-order chi connectivity index (χ1) is 7.79. The first-order valence-corrected chi connectivity index (χ1v) is 6.33. The molecule has 0 aliphatic heterocycles. The van der Waals surface area contributed by atoms with Crippen molar-refractivity contribution in [2.45, 2.75) is 33.1 Å². The van der Waals surface area contributed by atoms with Gasteiger partial charge in [-0.2, -0.15) is 0 Å². The van der Waals surface area contributed by atoms with Crippen molar-refractivity contribution in [1.29, 1.82) is 0 Å². The fraction of sp³-hybridized carbons (Fsp3) is 0.571. The standard InChI is InChI=1S/C14H23NO/c1-4-12(3)13-8-6-7-9-14(13)16-11-10-15-5-2/h6-9,12,15H,4-5,10-11H2,1-3H3/p+1/t12-/m0/s1. The Balaban J connectivity index is 2.57. The minimum Gasteiger partial charge on any atom is -0.487 e. The summed E-state index contributed by atoms with van der Waals surface area (Å²) in [5, 5.41) is 2.26. The third-order valence-corrected chi connectivity index (χ3v) is 2.93. The second-order valence-corrected chi connectivity index (χ2v) is 4.18. The minimum absolute atomic E-state index is 0.575. The van der Waals surface area contributed by atoms with Gasteiger partial charge in [-0.05, 0) is 30.9 Å². The number of para-hydroxylation sites is 1. The highest BCUT2D eigenvalue weighted by molar-refractivity contribution is 5.35. The van der Waals surface area contributed by atoms with Crippen molar-refractivity contribution in [3.63, 3.8) is 0 Å². The van der Waals surface area contributed by atoms with E-state index in [0.717, 1.165) is 31.9 Å². The van der Waals surface area contributed by atoms with E-state index in [0.29, 0.717) is 5.92 Å². The van der Waals surface area contributed by atoms with E-state index >= 15 is 0 Å². The number of likely N-dealkylation sites (N-methyl/N-ethyl adjacent to an activating group) is 1. The van der Waals surface area contributed by atoms with Gasteiger partial charge < -0.3 is 10.1 Å². The maximum absolute atomic E-state index is 5.83. The second kappa shape index (κ2) is 7.29. The molecule has 16 heavy (non-hydrogen) atoms. The van der Waals surface area contributed by atoms with Gasteiger partial charge in [0, 0.05) is 0 Å². The molecule has 0 bridgehead atoms. The molecule has 1 aromatic rings. The Morgan fingerprint density at radius 1 is 1.25 bits per heavy atom. The molecule has 0 amide bonds. The normalized spacial score (nSPS) is 12.4. The summed E-state index contributed by atoms with van der Waals surface area (Å²) < 4.78 is 5.83. The SMILES string of the molecule is CC[NH2+]CCOc1ccccc1[C@@H](C)CC. The highest BCUT2D eigenvalue weighted by Crippen LogP contribution is 2.28. The maximum atomic E-state index is 5.83. The molecule has 0 heterocycles. The monoisotopic (exact) mass is 222 g/mol. The van der Waals surface area contributed by atoms with Crippen molar-refractivity contribution < 1.29 is 10.1 Å². The van der Waals surface area contributed by atoms with Crippen LogP contribution in [0.25, 0.3) is 0 Å². The lowest BCUT2D eigenvalue weighted by molar-refractivity contribution is -0.652. The number of rotatable bonds is 7. The summed E-state index contributed by atoms with van der Waals surface area (Å²) >= 11 is 0. The van der Waals surface area contributed by atoms with Crippen molar-refractivity contribution in [2.24, 2.45) is 0 Å². The van der Waals surface area contributed by atoms with Gasteiger partial charge in [0.1, 0.15) is 18.9 Å². The first kappa shape index (κ1) is 13.0. The third kappa shape index (κ3) is 3.86. The molecule has 0 aliphatic rings. The average Bonchev–Trinajstić information content (AvgIpc) is 2.34. The summed E-state index contributed by atoms with van der Waals surface area (Å²) in [7, 11) is 0. The number of nitrogens with two attached hydrogens (primary N) is 1. The molecule has 0 aromatic heterocycles. The van der Waals surface area contributed by atoms with Crippen molar-refractivity contribution in [3.8, 4) is 5.75 Å². The summed E-state index contributed by atoms with van der Waals surface area (Å²) in [5.41, 5.74) is 1.33. The Morgan fingerprint density at radius 3 is 2.69 bits per heavy atom. The highest BCUT2D eigenvalue weighted by Gasteiger charge is 2.09. The molecule has 2 heteroatoms. The van der Waals surface area contributed by atoms with Crippen LogP contribution in [0.4, 0.5) is 0 Å². The van der Waals surface area contributed by atoms with Gasteiger partial charge in [-0.1, -0.05) is 32.0 Å². The Labute approximate surface area is 99.0 Å². The summed E-state index contributed by atoms with van der Waals surface area (Å²) in [4.78, 5) is 0. The van der Waals surface area contributed by atoms with Gasteiger partial charge in [-0.25, -0.2) is 0 Å². The lowest BCUT2D eigenvalue weighted by Gasteiger charge is -2.15. The molecule has 1 rings (SSSR count). The smallest absolute Gasteiger partial charge is 0.137 e. The highest BCUT2D eigenvalue weighted by atomic mass is 16.5. The molecule has 0 fully saturated rings. The molecule has 0 saturated carbocycles. The number of quaternary nitrogens is 1. The summed E-state index contributed by atoms with van der Waals surface area (Å²) in [6, 6.07) is 8.39. The van der Waals surface area contributed by atoms with Crippen molar-refractivity contribution in [3.05, 3.63) is 29.8 Å². The molecule has 1 atom stereocenters. The topological polar surface area (TPSA) is 25.8 Å². The number of ether oxygens (including phenoxy) is 1. The molecular weight excluding hydrogens is 198 g/mol. The molecule has 0 spiro atoms. The summed E-state index contributed by atoms with van der Waals surface area (Å²) in [5.74, 6) is 1.63.